The van der Waals surface area contributed by atoms with Crippen molar-refractivity contribution in [2.45, 2.75) is 13.0 Å². The topological polar surface area (TPSA) is 54.5 Å². The van der Waals surface area contributed by atoms with E-state index < -0.39 is 0 Å². The highest BCUT2D eigenvalue weighted by atomic mass is 35.5. The Morgan fingerprint density at radius 1 is 0.966 bits per heavy atom. The molecule has 2 aromatic carbocycles. The Morgan fingerprint density at radius 2 is 1.72 bits per heavy atom. The van der Waals surface area contributed by atoms with E-state index >= 15 is 0 Å². The standard InChI is InChI=1S/C23H17ClN4.ClH/c24-23-22(19-4-2-1-3-5-19)11-10-20(27-23)15-28-16-26-14-21(28)12-17-6-8-18(13-25)9-7-17;/h1-11,14,16H,12,15H2;1H. The van der Waals surface area contributed by atoms with E-state index in [0.29, 0.717) is 17.3 Å². The predicted molar refractivity (Wildman–Crippen MR) is 117 cm³/mol. The molecule has 0 amide bonds. The van der Waals surface area contributed by atoms with Crippen LogP contribution in [-0.2, 0) is 13.0 Å². The second-order valence-electron chi connectivity index (χ2n) is 6.51. The molecule has 0 saturated carbocycles. The number of imidazole rings is 1. The minimum absolute atomic E-state index is 0. The molecule has 0 aliphatic carbocycles. The lowest BCUT2D eigenvalue weighted by atomic mass is 10.1. The Bertz CT molecular complexity index is 1130. The van der Waals surface area contributed by atoms with Gasteiger partial charge in [-0.05, 0) is 35.4 Å². The van der Waals surface area contributed by atoms with Gasteiger partial charge in [-0.1, -0.05) is 54.1 Å². The van der Waals surface area contributed by atoms with Gasteiger partial charge >= 0.3 is 0 Å². The quantitative estimate of drug-likeness (QED) is 0.398. The molecule has 29 heavy (non-hydrogen) atoms. The van der Waals surface area contributed by atoms with Crippen molar-refractivity contribution in [2.75, 3.05) is 0 Å². The van der Waals surface area contributed by atoms with Crippen molar-refractivity contribution >= 4 is 24.0 Å². The number of benzene rings is 2. The van der Waals surface area contributed by atoms with Crippen LogP contribution in [0.3, 0.4) is 0 Å². The van der Waals surface area contributed by atoms with Crippen molar-refractivity contribution in [3.63, 3.8) is 0 Å². The molecule has 4 aromatic rings. The molecule has 6 heteroatoms. The summed E-state index contributed by atoms with van der Waals surface area (Å²) in [7, 11) is 0. The lowest BCUT2D eigenvalue weighted by Crippen LogP contribution is -2.06. The monoisotopic (exact) mass is 420 g/mol. The van der Waals surface area contributed by atoms with E-state index in [0.717, 1.165) is 34.5 Å². The van der Waals surface area contributed by atoms with Crippen LogP contribution >= 0.6 is 24.0 Å². The number of hydrogen-bond donors (Lipinski definition) is 0. The molecule has 0 radical (unpaired) electrons. The van der Waals surface area contributed by atoms with Gasteiger partial charge in [-0.2, -0.15) is 5.26 Å². The van der Waals surface area contributed by atoms with Crippen molar-refractivity contribution in [1.82, 2.24) is 14.5 Å². The summed E-state index contributed by atoms with van der Waals surface area (Å²) in [5.74, 6) is 0. The molecule has 0 fully saturated rings. The Hall–Kier alpha value is -3.13. The highest BCUT2D eigenvalue weighted by molar-refractivity contribution is 6.32. The van der Waals surface area contributed by atoms with Gasteiger partial charge in [-0.3, -0.25) is 0 Å². The van der Waals surface area contributed by atoms with E-state index in [1.54, 1.807) is 6.33 Å². The summed E-state index contributed by atoms with van der Waals surface area (Å²) in [5.41, 5.74) is 5.73. The van der Waals surface area contributed by atoms with Gasteiger partial charge < -0.3 is 4.57 Å². The molecule has 2 aromatic heterocycles. The molecule has 0 bridgehead atoms. The van der Waals surface area contributed by atoms with Crippen molar-refractivity contribution in [1.29, 1.82) is 5.26 Å². The summed E-state index contributed by atoms with van der Waals surface area (Å²) in [4.78, 5) is 8.86. The second kappa shape index (κ2) is 9.38. The van der Waals surface area contributed by atoms with Gasteiger partial charge in [-0.25, -0.2) is 9.97 Å². The summed E-state index contributed by atoms with van der Waals surface area (Å²) < 4.78 is 2.07. The van der Waals surface area contributed by atoms with Gasteiger partial charge in [0.2, 0.25) is 0 Å². The zero-order chi connectivity index (χ0) is 19.3. The lowest BCUT2D eigenvalue weighted by molar-refractivity contribution is 0.735. The molecule has 0 aliphatic rings. The van der Waals surface area contributed by atoms with E-state index in [-0.39, 0.29) is 12.4 Å². The van der Waals surface area contributed by atoms with Gasteiger partial charge in [-0.15, -0.1) is 12.4 Å². The summed E-state index contributed by atoms with van der Waals surface area (Å²) >= 11 is 6.44. The second-order valence-corrected chi connectivity index (χ2v) is 6.86. The third-order valence-electron chi connectivity index (χ3n) is 4.59. The number of pyridine rings is 1. The molecule has 2 heterocycles. The first kappa shape index (κ1) is 20.6. The van der Waals surface area contributed by atoms with E-state index in [1.807, 2.05) is 72.9 Å². The largest absolute Gasteiger partial charge is 0.328 e. The van der Waals surface area contributed by atoms with E-state index in [9.17, 15) is 0 Å². The highest BCUT2D eigenvalue weighted by Gasteiger charge is 2.09. The van der Waals surface area contributed by atoms with Gasteiger partial charge in [0.15, 0.2) is 0 Å². The van der Waals surface area contributed by atoms with Crippen LogP contribution in [-0.4, -0.2) is 14.5 Å². The normalized spacial score (nSPS) is 10.2. The fourth-order valence-corrected chi connectivity index (χ4v) is 3.39. The van der Waals surface area contributed by atoms with Crippen molar-refractivity contribution in [2.24, 2.45) is 0 Å². The molecule has 0 unspecified atom stereocenters. The first-order valence-electron chi connectivity index (χ1n) is 8.92. The van der Waals surface area contributed by atoms with Crippen LogP contribution in [0, 0.1) is 11.3 Å². The molecule has 0 N–H and O–H groups in total. The van der Waals surface area contributed by atoms with E-state index in [4.69, 9.17) is 16.9 Å². The fraction of sp³-hybridized carbons (Fsp3) is 0.0870. The molecule has 0 aliphatic heterocycles. The van der Waals surface area contributed by atoms with Crippen molar-refractivity contribution < 1.29 is 0 Å². The smallest absolute Gasteiger partial charge is 0.137 e. The predicted octanol–water partition coefficient (Wildman–Crippen LogP) is 5.53. The molecular formula is C23H18Cl2N4. The maximum absolute atomic E-state index is 8.93. The zero-order valence-corrected chi connectivity index (χ0v) is 17.1. The van der Waals surface area contributed by atoms with E-state index in [2.05, 4.69) is 20.6 Å². The average molecular weight is 421 g/mol. The van der Waals surface area contributed by atoms with Gasteiger partial charge in [0.1, 0.15) is 5.15 Å². The minimum atomic E-state index is 0. The highest BCUT2D eigenvalue weighted by Crippen LogP contribution is 2.26. The number of aromatic nitrogens is 3. The number of nitriles is 1. The zero-order valence-electron chi connectivity index (χ0n) is 15.5. The Morgan fingerprint density at radius 3 is 2.41 bits per heavy atom. The van der Waals surface area contributed by atoms with E-state index in [1.165, 1.54) is 0 Å². The Kier molecular flexibility index (Phi) is 6.66. The minimum Gasteiger partial charge on any atom is -0.328 e. The first-order chi connectivity index (χ1) is 13.7. The van der Waals surface area contributed by atoms with Crippen molar-refractivity contribution in [3.05, 3.63) is 107 Å². The molecule has 0 spiro atoms. The average Bonchev–Trinajstić information content (AvgIpc) is 3.16. The van der Waals surface area contributed by atoms with Crippen LogP contribution in [0.15, 0.2) is 79.3 Å². The summed E-state index contributed by atoms with van der Waals surface area (Å²) in [5, 5.41) is 9.42. The van der Waals surface area contributed by atoms with Crippen molar-refractivity contribution in [3.8, 4) is 17.2 Å². The summed E-state index contributed by atoms with van der Waals surface area (Å²) in [6.07, 6.45) is 4.40. The first-order valence-corrected chi connectivity index (χ1v) is 9.29. The van der Waals surface area contributed by atoms with Crippen LogP contribution in [0.25, 0.3) is 11.1 Å². The van der Waals surface area contributed by atoms with Crippen LogP contribution in [0.1, 0.15) is 22.5 Å². The van der Waals surface area contributed by atoms with Gasteiger partial charge in [0.25, 0.3) is 0 Å². The number of nitrogens with zero attached hydrogens (tertiary/aromatic N) is 4. The summed E-state index contributed by atoms with van der Waals surface area (Å²) in [6, 6.07) is 23.8. The number of hydrogen-bond acceptors (Lipinski definition) is 3. The number of halogens is 2. The van der Waals surface area contributed by atoms with Crippen LogP contribution in [0.2, 0.25) is 5.15 Å². The molecule has 144 valence electrons. The molecule has 0 saturated heterocycles. The number of rotatable bonds is 5. The molecule has 4 nitrogen and oxygen atoms in total. The Labute approximate surface area is 180 Å². The summed E-state index contributed by atoms with van der Waals surface area (Å²) in [6.45, 7) is 0.598. The van der Waals surface area contributed by atoms with Crippen LogP contribution in [0.5, 0.6) is 0 Å². The third kappa shape index (κ3) is 4.83. The fourth-order valence-electron chi connectivity index (χ4n) is 3.11. The SMILES string of the molecule is Cl.N#Cc1ccc(Cc2cncn2Cc2ccc(-c3ccccc3)c(Cl)n2)cc1. The molecule has 0 atom stereocenters. The lowest BCUT2D eigenvalue weighted by Gasteiger charge is -2.10. The van der Waals surface area contributed by atoms with Gasteiger partial charge in [0.05, 0.1) is 30.2 Å². The molecular weight excluding hydrogens is 403 g/mol. The van der Waals surface area contributed by atoms with Gasteiger partial charge in [0, 0.05) is 23.9 Å². The maximum atomic E-state index is 8.93. The Balaban J connectivity index is 0.00000240. The maximum Gasteiger partial charge on any atom is 0.137 e. The molecule has 4 rings (SSSR count). The third-order valence-corrected chi connectivity index (χ3v) is 4.88. The van der Waals surface area contributed by atoms with Crippen LogP contribution in [0.4, 0.5) is 0 Å². The van der Waals surface area contributed by atoms with Crippen LogP contribution < -0.4 is 0 Å².